The Hall–Kier alpha value is -1.35. The maximum absolute atomic E-state index is 11.7. The summed E-state index contributed by atoms with van der Waals surface area (Å²) in [6, 6.07) is 9.69. The Bertz CT molecular complexity index is 298. The van der Waals surface area contributed by atoms with Crippen LogP contribution in [0.15, 0.2) is 30.3 Å². The van der Waals surface area contributed by atoms with E-state index in [9.17, 15) is 4.79 Å². The van der Waals surface area contributed by atoms with Gasteiger partial charge in [-0.1, -0.05) is 37.3 Å². The van der Waals surface area contributed by atoms with Gasteiger partial charge in [0.1, 0.15) is 0 Å². The Morgan fingerprint density at radius 3 is 2.60 bits per heavy atom. The molecule has 0 aliphatic rings. The first kappa shape index (κ1) is 11.7. The highest BCUT2D eigenvalue weighted by Crippen LogP contribution is 2.18. The minimum absolute atomic E-state index is 0.0160. The maximum Gasteiger partial charge on any atom is 0.227 e. The predicted molar refractivity (Wildman–Crippen MR) is 59.6 cm³/mol. The zero-order chi connectivity index (χ0) is 11.1. The van der Waals surface area contributed by atoms with E-state index in [0.717, 1.165) is 12.0 Å². The summed E-state index contributed by atoms with van der Waals surface area (Å²) in [5, 5.41) is 11.3. The maximum atomic E-state index is 11.7. The molecular weight excluding hydrogens is 190 g/mol. The molecule has 3 heteroatoms. The van der Waals surface area contributed by atoms with Gasteiger partial charge in [-0.15, -0.1) is 0 Å². The number of rotatable bonds is 5. The number of benzene rings is 1. The normalized spacial score (nSPS) is 12.1. The first-order valence-electron chi connectivity index (χ1n) is 5.23. The van der Waals surface area contributed by atoms with E-state index in [0.29, 0.717) is 6.54 Å². The predicted octanol–water partition coefficient (Wildman–Crippen LogP) is 1.29. The van der Waals surface area contributed by atoms with E-state index in [1.807, 2.05) is 37.3 Å². The first-order valence-corrected chi connectivity index (χ1v) is 5.23. The molecule has 0 fully saturated rings. The lowest BCUT2D eigenvalue weighted by Crippen LogP contribution is -2.31. The molecule has 0 aromatic heterocycles. The monoisotopic (exact) mass is 207 g/mol. The molecule has 0 unspecified atom stereocenters. The standard InChI is InChI=1S/C12H17NO2/c1-2-11(12(15)13-8-9-14)10-6-4-3-5-7-10/h3-7,11,14H,2,8-9H2,1H3,(H,13,15)/t11-/m1/s1. The van der Waals surface area contributed by atoms with Crippen molar-refractivity contribution in [1.29, 1.82) is 0 Å². The number of amides is 1. The number of nitrogens with one attached hydrogen (secondary N) is 1. The Morgan fingerprint density at radius 1 is 1.40 bits per heavy atom. The van der Waals surface area contributed by atoms with Gasteiger partial charge in [0.15, 0.2) is 0 Å². The van der Waals surface area contributed by atoms with E-state index in [1.165, 1.54) is 0 Å². The van der Waals surface area contributed by atoms with Crippen LogP contribution in [0, 0.1) is 0 Å². The number of carbonyl (C=O) groups is 1. The van der Waals surface area contributed by atoms with Crippen molar-refractivity contribution in [2.75, 3.05) is 13.2 Å². The van der Waals surface area contributed by atoms with Crippen molar-refractivity contribution in [3.8, 4) is 0 Å². The summed E-state index contributed by atoms with van der Waals surface area (Å²) >= 11 is 0. The Balaban J connectivity index is 2.67. The van der Waals surface area contributed by atoms with Crippen LogP contribution in [0.2, 0.25) is 0 Å². The summed E-state index contributed by atoms with van der Waals surface area (Å²) in [7, 11) is 0. The molecule has 0 heterocycles. The van der Waals surface area contributed by atoms with Crippen LogP contribution in [0.3, 0.4) is 0 Å². The van der Waals surface area contributed by atoms with Gasteiger partial charge in [-0.25, -0.2) is 0 Å². The molecule has 0 aliphatic carbocycles. The summed E-state index contributed by atoms with van der Waals surface area (Å²) < 4.78 is 0. The van der Waals surface area contributed by atoms with Crippen LogP contribution in [0.4, 0.5) is 0 Å². The van der Waals surface area contributed by atoms with Crippen molar-refractivity contribution in [2.24, 2.45) is 0 Å². The molecule has 0 spiro atoms. The van der Waals surface area contributed by atoms with E-state index in [4.69, 9.17) is 5.11 Å². The lowest BCUT2D eigenvalue weighted by atomic mass is 9.96. The molecule has 2 N–H and O–H groups in total. The van der Waals surface area contributed by atoms with Crippen molar-refractivity contribution in [1.82, 2.24) is 5.32 Å². The van der Waals surface area contributed by atoms with Crippen LogP contribution in [0.25, 0.3) is 0 Å². The first-order chi connectivity index (χ1) is 7.29. The summed E-state index contributed by atoms with van der Waals surface area (Å²) in [5.74, 6) is -0.129. The second-order valence-corrected chi connectivity index (χ2v) is 3.39. The Morgan fingerprint density at radius 2 is 2.07 bits per heavy atom. The molecule has 1 aromatic rings. The SMILES string of the molecule is CC[C@@H](C(=O)NCCO)c1ccccc1. The number of aliphatic hydroxyl groups is 1. The molecule has 0 aliphatic heterocycles. The van der Waals surface area contributed by atoms with E-state index in [2.05, 4.69) is 5.32 Å². The lowest BCUT2D eigenvalue weighted by molar-refractivity contribution is -0.122. The fraction of sp³-hybridized carbons (Fsp3) is 0.417. The van der Waals surface area contributed by atoms with Gasteiger partial charge in [-0.3, -0.25) is 4.79 Å². The van der Waals surface area contributed by atoms with Gasteiger partial charge in [0.2, 0.25) is 5.91 Å². The molecule has 1 amide bonds. The van der Waals surface area contributed by atoms with Crippen molar-refractivity contribution < 1.29 is 9.90 Å². The zero-order valence-corrected chi connectivity index (χ0v) is 8.94. The van der Waals surface area contributed by atoms with E-state index < -0.39 is 0 Å². The molecule has 1 atom stereocenters. The van der Waals surface area contributed by atoms with Gasteiger partial charge in [0, 0.05) is 6.54 Å². The van der Waals surface area contributed by atoms with Gasteiger partial charge in [0.25, 0.3) is 0 Å². The second kappa shape index (κ2) is 6.19. The van der Waals surface area contributed by atoms with Crippen LogP contribution in [0.1, 0.15) is 24.8 Å². The zero-order valence-electron chi connectivity index (χ0n) is 8.94. The van der Waals surface area contributed by atoms with Gasteiger partial charge in [-0.05, 0) is 12.0 Å². The fourth-order valence-electron chi connectivity index (χ4n) is 1.56. The van der Waals surface area contributed by atoms with Crippen molar-refractivity contribution in [3.63, 3.8) is 0 Å². The molecule has 82 valence electrons. The highest BCUT2D eigenvalue weighted by molar-refractivity contribution is 5.83. The third-order valence-corrected chi connectivity index (χ3v) is 2.34. The van der Waals surface area contributed by atoms with Crippen molar-refractivity contribution in [2.45, 2.75) is 19.3 Å². The number of aliphatic hydroxyl groups excluding tert-OH is 1. The summed E-state index contributed by atoms with van der Waals surface area (Å²) in [5.41, 5.74) is 1.02. The van der Waals surface area contributed by atoms with Gasteiger partial charge in [-0.2, -0.15) is 0 Å². The van der Waals surface area contributed by atoms with Crippen molar-refractivity contribution in [3.05, 3.63) is 35.9 Å². The van der Waals surface area contributed by atoms with Crippen LogP contribution < -0.4 is 5.32 Å². The second-order valence-electron chi connectivity index (χ2n) is 3.39. The van der Waals surface area contributed by atoms with Gasteiger partial charge >= 0.3 is 0 Å². The molecule has 1 rings (SSSR count). The number of hydrogen-bond donors (Lipinski definition) is 2. The highest BCUT2D eigenvalue weighted by Gasteiger charge is 2.17. The van der Waals surface area contributed by atoms with E-state index in [1.54, 1.807) is 0 Å². The Kier molecular flexibility index (Phi) is 4.84. The smallest absolute Gasteiger partial charge is 0.227 e. The van der Waals surface area contributed by atoms with E-state index in [-0.39, 0.29) is 18.4 Å². The topological polar surface area (TPSA) is 49.3 Å². The van der Waals surface area contributed by atoms with Crippen LogP contribution in [-0.4, -0.2) is 24.2 Å². The Labute approximate surface area is 90.1 Å². The molecule has 3 nitrogen and oxygen atoms in total. The van der Waals surface area contributed by atoms with Gasteiger partial charge in [0.05, 0.1) is 12.5 Å². The summed E-state index contributed by atoms with van der Waals surface area (Å²) in [6.07, 6.45) is 0.765. The number of carbonyl (C=O) groups excluding carboxylic acids is 1. The fourth-order valence-corrected chi connectivity index (χ4v) is 1.56. The van der Waals surface area contributed by atoms with Gasteiger partial charge < -0.3 is 10.4 Å². The van der Waals surface area contributed by atoms with Crippen LogP contribution in [0.5, 0.6) is 0 Å². The quantitative estimate of drug-likeness (QED) is 0.764. The molecule has 0 saturated carbocycles. The minimum Gasteiger partial charge on any atom is -0.395 e. The molecule has 0 bridgehead atoms. The van der Waals surface area contributed by atoms with Crippen LogP contribution in [-0.2, 0) is 4.79 Å². The average Bonchev–Trinajstić information content (AvgIpc) is 2.29. The average molecular weight is 207 g/mol. The third kappa shape index (κ3) is 3.36. The highest BCUT2D eigenvalue weighted by atomic mass is 16.3. The molecular formula is C12H17NO2. The van der Waals surface area contributed by atoms with Crippen LogP contribution >= 0.6 is 0 Å². The van der Waals surface area contributed by atoms with E-state index >= 15 is 0 Å². The largest absolute Gasteiger partial charge is 0.395 e. The lowest BCUT2D eigenvalue weighted by Gasteiger charge is -2.14. The molecule has 1 aromatic carbocycles. The summed E-state index contributed by atoms with van der Waals surface area (Å²) in [6.45, 7) is 2.29. The number of hydrogen-bond acceptors (Lipinski definition) is 2. The van der Waals surface area contributed by atoms with Crippen molar-refractivity contribution >= 4 is 5.91 Å². The minimum atomic E-state index is -0.113. The third-order valence-electron chi connectivity index (χ3n) is 2.34. The molecule has 15 heavy (non-hydrogen) atoms. The summed E-state index contributed by atoms with van der Waals surface area (Å²) in [4.78, 5) is 11.7. The molecule has 0 radical (unpaired) electrons. The molecule has 0 saturated heterocycles.